The predicted molar refractivity (Wildman–Crippen MR) is 92.9 cm³/mol. The third kappa shape index (κ3) is 3.50. The largest absolute Gasteiger partial charge is 0.393 e. The fourth-order valence-electron chi connectivity index (χ4n) is 2.89. The molecule has 23 heavy (non-hydrogen) atoms. The molecule has 0 spiro atoms. The molecule has 0 unspecified atom stereocenters. The van der Waals surface area contributed by atoms with E-state index in [1.807, 2.05) is 12.1 Å². The third-order valence-corrected chi connectivity index (χ3v) is 4.38. The number of pyridine rings is 1. The Labute approximate surface area is 136 Å². The summed E-state index contributed by atoms with van der Waals surface area (Å²) in [6, 6.07) is 4.21. The van der Waals surface area contributed by atoms with Crippen molar-refractivity contribution >= 4 is 23.0 Å². The molecule has 0 saturated carbocycles. The van der Waals surface area contributed by atoms with Crippen molar-refractivity contribution in [2.75, 3.05) is 43.1 Å². The molecule has 3 N–H and O–H groups in total. The Balaban J connectivity index is 1.79. The Morgan fingerprint density at radius 3 is 2.61 bits per heavy atom. The molecule has 7 nitrogen and oxygen atoms in total. The van der Waals surface area contributed by atoms with Gasteiger partial charge < -0.3 is 20.9 Å². The molecule has 3 heterocycles. The predicted octanol–water partition coefficient (Wildman–Crippen LogP) is 1.73. The number of piperidine rings is 1. The summed E-state index contributed by atoms with van der Waals surface area (Å²) in [6.45, 7) is 2.20. The Bertz CT molecular complexity index is 638. The van der Waals surface area contributed by atoms with Crippen molar-refractivity contribution < 1.29 is 0 Å². The van der Waals surface area contributed by atoms with Crippen molar-refractivity contribution in [3.63, 3.8) is 0 Å². The van der Waals surface area contributed by atoms with Crippen molar-refractivity contribution in [1.82, 2.24) is 19.9 Å². The van der Waals surface area contributed by atoms with Gasteiger partial charge in [-0.2, -0.15) is 0 Å². The summed E-state index contributed by atoms with van der Waals surface area (Å²) in [5.74, 6) is 1.41. The van der Waals surface area contributed by atoms with Crippen LogP contribution in [0, 0.1) is 0 Å². The van der Waals surface area contributed by atoms with Gasteiger partial charge in [-0.3, -0.25) is 4.98 Å². The zero-order valence-electron chi connectivity index (χ0n) is 13.6. The minimum absolute atomic E-state index is 0.456. The van der Waals surface area contributed by atoms with E-state index in [-0.39, 0.29) is 0 Å². The lowest BCUT2D eigenvalue weighted by Crippen LogP contribution is -2.42. The fraction of sp³-hybridized carbons (Fsp3) is 0.438. The van der Waals surface area contributed by atoms with Gasteiger partial charge in [0, 0.05) is 31.2 Å². The third-order valence-electron chi connectivity index (χ3n) is 4.38. The van der Waals surface area contributed by atoms with Crippen LogP contribution in [0.3, 0.4) is 0 Å². The molecule has 1 saturated heterocycles. The summed E-state index contributed by atoms with van der Waals surface area (Å²) in [4.78, 5) is 17.2. The summed E-state index contributed by atoms with van der Waals surface area (Å²) >= 11 is 0. The number of nitrogen functional groups attached to an aromatic ring is 1. The zero-order chi connectivity index (χ0) is 16.2. The van der Waals surface area contributed by atoms with Crippen molar-refractivity contribution in [2.24, 2.45) is 0 Å². The van der Waals surface area contributed by atoms with Crippen LogP contribution in [0.4, 0.5) is 23.0 Å². The lowest BCUT2D eigenvalue weighted by atomic mass is 10.0. The Morgan fingerprint density at radius 2 is 1.91 bits per heavy atom. The van der Waals surface area contributed by atoms with Crippen LogP contribution in [0.5, 0.6) is 0 Å². The molecule has 0 amide bonds. The Morgan fingerprint density at radius 1 is 1.22 bits per heavy atom. The van der Waals surface area contributed by atoms with Gasteiger partial charge in [-0.15, -0.1) is 0 Å². The van der Waals surface area contributed by atoms with Gasteiger partial charge in [0.15, 0.2) is 11.6 Å². The first kappa shape index (κ1) is 15.5. The first-order valence-electron chi connectivity index (χ1n) is 7.84. The van der Waals surface area contributed by atoms with E-state index >= 15 is 0 Å². The van der Waals surface area contributed by atoms with Crippen molar-refractivity contribution in [3.8, 4) is 0 Å². The second-order valence-electron chi connectivity index (χ2n) is 5.97. The van der Waals surface area contributed by atoms with Crippen LogP contribution >= 0.6 is 0 Å². The molecule has 0 bridgehead atoms. The molecule has 0 aromatic carbocycles. The van der Waals surface area contributed by atoms with E-state index in [1.165, 1.54) is 0 Å². The van der Waals surface area contributed by atoms with Gasteiger partial charge in [0.2, 0.25) is 0 Å². The van der Waals surface area contributed by atoms with Crippen LogP contribution in [0.1, 0.15) is 12.8 Å². The highest BCUT2D eigenvalue weighted by Crippen LogP contribution is 2.30. The second-order valence-corrected chi connectivity index (χ2v) is 5.97. The van der Waals surface area contributed by atoms with Gasteiger partial charge in [-0.25, -0.2) is 9.97 Å². The maximum Gasteiger partial charge on any atom is 0.159 e. The Hall–Kier alpha value is -2.41. The number of nitrogens with zero attached hydrogens (tertiary/aromatic N) is 5. The molecule has 3 rings (SSSR count). The molecule has 1 aliphatic rings. The zero-order valence-corrected chi connectivity index (χ0v) is 13.6. The maximum atomic E-state index is 6.31. The first-order chi connectivity index (χ1) is 11.1. The van der Waals surface area contributed by atoms with E-state index in [2.05, 4.69) is 44.2 Å². The van der Waals surface area contributed by atoms with Gasteiger partial charge in [0.25, 0.3) is 0 Å². The van der Waals surface area contributed by atoms with Gasteiger partial charge in [-0.1, -0.05) is 0 Å². The molecule has 0 aliphatic carbocycles. The normalized spacial score (nSPS) is 16.3. The SMILES string of the molecule is CN1CCC(N(C)c2ncnc(Nc3ccncc3)c2N)CC1. The van der Waals surface area contributed by atoms with E-state index in [0.717, 1.165) is 37.4 Å². The lowest BCUT2D eigenvalue weighted by Gasteiger charge is -2.36. The number of aromatic nitrogens is 3. The maximum absolute atomic E-state index is 6.31. The fourth-order valence-corrected chi connectivity index (χ4v) is 2.89. The van der Waals surface area contributed by atoms with Crippen LogP contribution in [-0.4, -0.2) is 53.1 Å². The molecule has 2 aromatic rings. The van der Waals surface area contributed by atoms with Crippen molar-refractivity contribution in [2.45, 2.75) is 18.9 Å². The molecule has 1 aliphatic heterocycles. The van der Waals surface area contributed by atoms with Gasteiger partial charge in [0.05, 0.1) is 0 Å². The van der Waals surface area contributed by atoms with Crippen LogP contribution in [0.2, 0.25) is 0 Å². The van der Waals surface area contributed by atoms with Crippen LogP contribution < -0.4 is 16.0 Å². The second kappa shape index (κ2) is 6.78. The summed E-state index contributed by atoms with van der Waals surface area (Å²) in [5.41, 5.74) is 7.79. The number of anilines is 4. The number of rotatable bonds is 4. The van der Waals surface area contributed by atoms with Crippen LogP contribution in [-0.2, 0) is 0 Å². The average Bonchev–Trinajstić information content (AvgIpc) is 2.58. The van der Waals surface area contributed by atoms with E-state index < -0.39 is 0 Å². The molecule has 2 aromatic heterocycles. The molecule has 0 radical (unpaired) electrons. The number of hydrogen-bond donors (Lipinski definition) is 2. The van der Waals surface area contributed by atoms with E-state index in [9.17, 15) is 0 Å². The standard InChI is InChI=1S/C16H23N7/c1-22-9-5-13(6-10-22)23(2)16-14(17)15(19-11-20-16)21-12-3-7-18-8-4-12/h3-4,7-8,11,13H,5-6,9-10,17H2,1-2H3,(H,18,19,20,21). The average molecular weight is 313 g/mol. The number of nitrogens with two attached hydrogens (primary N) is 1. The highest BCUT2D eigenvalue weighted by atomic mass is 15.2. The monoisotopic (exact) mass is 313 g/mol. The molecule has 122 valence electrons. The molecular formula is C16H23N7. The molecule has 7 heteroatoms. The minimum Gasteiger partial charge on any atom is -0.393 e. The first-order valence-corrected chi connectivity index (χ1v) is 7.84. The number of hydrogen-bond acceptors (Lipinski definition) is 7. The molecule has 0 atom stereocenters. The van der Waals surface area contributed by atoms with Gasteiger partial charge in [0.1, 0.15) is 12.0 Å². The summed E-state index contributed by atoms with van der Waals surface area (Å²) < 4.78 is 0. The van der Waals surface area contributed by atoms with E-state index in [0.29, 0.717) is 17.5 Å². The van der Waals surface area contributed by atoms with Gasteiger partial charge in [-0.05, 0) is 45.1 Å². The van der Waals surface area contributed by atoms with Crippen LogP contribution in [0.25, 0.3) is 0 Å². The van der Waals surface area contributed by atoms with E-state index in [4.69, 9.17) is 5.73 Å². The Kier molecular flexibility index (Phi) is 4.57. The highest BCUT2D eigenvalue weighted by Gasteiger charge is 2.23. The smallest absolute Gasteiger partial charge is 0.159 e. The topological polar surface area (TPSA) is 83.2 Å². The summed E-state index contributed by atoms with van der Waals surface area (Å²) in [5, 5.41) is 3.23. The molecule has 1 fully saturated rings. The van der Waals surface area contributed by atoms with Crippen molar-refractivity contribution in [3.05, 3.63) is 30.9 Å². The highest BCUT2D eigenvalue weighted by molar-refractivity contribution is 5.78. The minimum atomic E-state index is 0.456. The van der Waals surface area contributed by atoms with E-state index in [1.54, 1.807) is 18.7 Å². The van der Waals surface area contributed by atoms with Gasteiger partial charge >= 0.3 is 0 Å². The molecular weight excluding hydrogens is 290 g/mol. The quantitative estimate of drug-likeness (QED) is 0.889. The van der Waals surface area contributed by atoms with Crippen LogP contribution in [0.15, 0.2) is 30.9 Å². The summed E-state index contributed by atoms with van der Waals surface area (Å²) in [6.07, 6.45) is 7.24. The number of nitrogens with one attached hydrogen (secondary N) is 1. The van der Waals surface area contributed by atoms with Crippen molar-refractivity contribution in [1.29, 1.82) is 0 Å². The summed E-state index contributed by atoms with van der Waals surface area (Å²) in [7, 11) is 4.22. The lowest BCUT2D eigenvalue weighted by molar-refractivity contribution is 0.252. The number of likely N-dealkylation sites (tertiary alicyclic amines) is 1.